The second kappa shape index (κ2) is 3.07. The number of nitrogens with one attached hydrogen (secondary N) is 1. The monoisotopic (exact) mass is 183 g/mol. The Morgan fingerprint density at radius 2 is 1.85 bits per heavy atom. The molecule has 1 aliphatic rings. The maximum atomic E-state index is 13.3. The largest absolute Gasteiger partial charge is 0.310 e. The Hall–Kier alpha value is -0.960. The molecule has 0 radical (unpaired) electrons. The third-order valence-electron chi connectivity index (χ3n) is 2.40. The van der Waals surface area contributed by atoms with E-state index in [1.807, 2.05) is 0 Å². The van der Waals surface area contributed by atoms with Crippen molar-refractivity contribution < 1.29 is 8.78 Å². The molecule has 3 heteroatoms. The molecule has 2 rings (SSSR count). The molecule has 1 N–H and O–H groups in total. The number of rotatable bonds is 1. The van der Waals surface area contributed by atoms with Crippen LogP contribution in [0.2, 0.25) is 0 Å². The number of hydrogen-bond acceptors (Lipinski definition) is 1. The second-order valence-corrected chi connectivity index (χ2v) is 3.44. The number of aryl methyl sites for hydroxylation is 1. The van der Waals surface area contributed by atoms with Crippen molar-refractivity contribution in [2.24, 2.45) is 0 Å². The molecular weight excluding hydrogens is 172 g/mol. The number of hydrogen-bond donors (Lipinski definition) is 1. The van der Waals surface area contributed by atoms with Gasteiger partial charge in [-0.05, 0) is 37.6 Å². The Balaban J connectivity index is 2.43. The van der Waals surface area contributed by atoms with Crippen LogP contribution in [0.25, 0.3) is 0 Å². The van der Waals surface area contributed by atoms with Crippen molar-refractivity contribution in [1.29, 1.82) is 0 Å². The van der Waals surface area contributed by atoms with E-state index in [0.29, 0.717) is 5.56 Å². The molecule has 1 nitrogen and oxygen atoms in total. The molecule has 13 heavy (non-hydrogen) atoms. The van der Waals surface area contributed by atoms with Gasteiger partial charge in [0.25, 0.3) is 0 Å². The molecule has 1 aromatic carbocycles. The summed E-state index contributed by atoms with van der Waals surface area (Å²) in [6.45, 7) is 2.53. The highest BCUT2D eigenvalue weighted by Gasteiger charge is 2.25. The van der Waals surface area contributed by atoms with Gasteiger partial charge in [-0.2, -0.15) is 0 Å². The van der Waals surface area contributed by atoms with Gasteiger partial charge < -0.3 is 5.32 Å². The third kappa shape index (κ3) is 1.44. The summed E-state index contributed by atoms with van der Waals surface area (Å²) in [6.07, 6.45) is 0.816. The maximum absolute atomic E-state index is 13.3. The Bertz CT molecular complexity index is 309. The van der Waals surface area contributed by atoms with Crippen molar-refractivity contribution in [2.45, 2.75) is 19.4 Å². The van der Waals surface area contributed by atoms with Gasteiger partial charge in [0.1, 0.15) is 11.6 Å². The molecule has 0 spiro atoms. The van der Waals surface area contributed by atoms with Gasteiger partial charge in [-0.25, -0.2) is 8.78 Å². The first-order valence-electron chi connectivity index (χ1n) is 4.37. The fourth-order valence-electron chi connectivity index (χ4n) is 1.58. The summed E-state index contributed by atoms with van der Waals surface area (Å²) in [7, 11) is 0. The molecule has 0 aliphatic carbocycles. The van der Waals surface area contributed by atoms with Gasteiger partial charge in [0.15, 0.2) is 0 Å². The standard InChI is InChI=1S/C10H11F2N/c1-6-4-7(11)10(8(12)5-6)9-2-3-13-9/h4-5,9,13H,2-3H2,1H3. The van der Waals surface area contributed by atoms with Crippen LogP contribution in [-0.2, 0) is 0 Å². The smallest absolute Gasteiger partial charge is 0.131 e. The van der Waals surface area contributed by atoms with Crippen molar-refractivity contribution in [1.82, 2.24) is 5.32 Å². The van der Waals surface area contributed by atoms with Crippen molar-refractivity contribution in [3.63, 3.8) is 0 Å². The summed E-state index contributed by atoms with van der Waals surface area (Å²) < 4.78 is 26.6. The minimum Gasteiger partial charge on any atom is -0.310 e. The van der Waals surface area contributed by atoms with Crippen LogP contribution in [-0.4, -0.2) is 6.54 Å². The van der Waals surface area contributed by atoms with Crippen LogP contribution in [0.1, 0.15) is 23.6 Å². The van der Waals surface area contributed by atoms with Crippen LogP contribution in [0.15, 0.2) is 12.1 Å². The van der Waals surface area contributed by atoms with Crippen LogP contribution in [0.4, 0.5) is 8.78 Å². The van der Waals surface area contributed by atoms with Crippen molar-refractivity contribution in [2.75, 3.05) is 6.54 Å². The van der Waals surface area contributed by atoms with E-state index in [1.165, 1.54) is 12.1 Å². The average molecular weight is 183 g/mol. The molecule has 1 saturated heterocycles. The fraction of sp³-hybridized carbons (Fsp3) is 0.400. The molecule has 0 bridgehead atoms. The Kier molecular flexibility index (Phi) is 2.04. The predicted molar refractivity (Wildman–Crippen MR) is 46.5 cm³/mol. The quantitative estimate of drug-likeness (QED) is 0.704. The molecule has 1 heterocycles. The molecule has 0 saturated carbocycles. The van der Waals surface area contributed by atoms with E-state index >= 15 is 0 Å². The van der Waals surface area contributed by atoms with Gasteiger partial charge in [-0.15, -0.1) is 0 Å². The first kappa shape index (κ1) is 8.63. The Morgan fingerprint density at radius 3 is 2.23 bits per heavy atom. The molecule has 1 aliphatic heterocycles. The highest BCUT2D eigenvalue weighted by atomic mass is 19.1. The van der Waals surface area contributed by atoms with Gasteiger partial charge in [0.05, 0.1) is 0 Å². The van der Waals surface area contributed by atoms with E-state index in [2.05, 4.69) is 5.32 Å². The minimum absolute atomic E-state index is 0.124. The molecule has 70 valence electrons. The first-order chi connectivity index (χ1) is 6.18. The van der Waals surface area contributed by atoms with Crippen molar-refractivity contribution in [3.05, 3.63) is 34.9 Å². The van der Waals surface area contributed by atoms with Gasteiger partial charge >= 0.3 is 0 Å². The lowest BCUT2D eigenvalue weighted by Gasteiger charge is -2.28. The van der Waals surface area contributed by atoms with E-state index in [0.717, 1.165) is 13.0 Å². The van der Waals surface area contributed by atoms with Crippen LogP contribution in [0.3, 0.4) is 0 Å². The zero-order valence-electron chi connectivity index (χ0n) is 7.40. The fourth-order valence-corrected chi connectivity index (χ4v) is 1.58. The van der Waals surface area contributed by atoms with Crippen LogP contribution >= 0.6 is 0 Å². The van der Waals surface area contributed by atoms with Crippen molar-refractivity contribution >= 4 is 0 Å². The van der Waals surface area contributed by atoms with E-state index in [9.17, 15) is 8.78 Å². The summed E-state index contributed by atoms with van der Waals surface area (Å²) in [6, 6.07) is 2.62. The minimum atomic E-state index is -0.435. The SMILES string of the molecule is Cc1cc(F)c(C2CCN2)c(F)c1. The lowest BCUT2D eigenvalue weighted by molar-refractivity contribution is 0.355. The van der Waals surface area contributed by atoms with Gasteiger partial charge in [0.2, 0.25) is 0 Å². The molecule has 0 amide bonds. The van der Waals surface area contributed by atoms with Gasteiger partial charge in [0, 0.05) is 11.6 Å². The first-order valence-corrected chi connectivity index (χ1v) is 4.37. The molecule has 1 fully saturated rings. The Morgan fingerprint density at radius 1 is 1.31 bits per heavy atom. The molecule has 1 atom stereocenters. The topological polar surface area (TPSA) is 12.0 Å². The van der Waals surface area contributed by atoms with Crippen LogP contribution in [0, 0.1) is 18.6 Å². The molecule has 0 aromatic heterocycles. The van der Waals surface area contributed by atoms with E-state index in [4.69, 9.17) is 0 Å². The van der Waals surface area contributed by atoms with Crippen molar-refractivity contribution in [3.8, 4) is 0 Å². The van der Waals surface area contributed by atoms with Crippen LogP contribution in [0.5, 0.6) is 0 Å². The predicted octanol–water partition coefficient (Wildman–Crippen LogP) is 2.31. The average Bonchev–Trinajstić information content (AvgIpc) is 1.92. The molecular formula is C10H11F2N. The number of benzene rings is 1. The zero-order valence-corrected chi connectivity index (χ0v) is 7.40. The van der Waals surface area contributed by atoms with Crippen LogP contribution < -0.4 is 5.32 Å². The van der Waals surface area contributed by atoms with E-state index in [-0.39, 0.29) is 11.6 Å². The summed E-state index contributed by atoms with van der Waals surface area (Å²) in [5.41, 5.74) is 0.815. The molecule has 1 unspecified atom stereocenters. The summed E-state index contributed by atoms with van der Waals surface area (Å²) in [5, 5.41) is 2.98. The highest BCUT2D eigenvalue weighted by molar-refractivity contribution is 5.29. The number of halogens is 2. The maximum Gasteiger partial charge on any atom is 0.131 e. The van der Waals surface area contributed by atoms with E-state index in [1.54, 1.807) is 6.92 Å². The lowest BCUT2D eigenvalue weighted by Crippen LogP contribution is -2.36. The second-order valence-electron chi connectivity index (χ2n) is 3.44. The summed E-state index contributed by atoms with van der Waals surface area (Å²) >= 11 is 0. The zero-order chi connectivity index (χ0) is 9.42. The van der Waals surface area contributed by atoms with Gasteiger partial charge in [-0.1, -0.05) is 0 Å². The Labute approximate surface area is 75.8 Å². The summed E-state index contributed by atoms with van der Waals surface area (Å²) in [4.78, 5) is 0. The van der Waals surface area contributed by atoms with E-state index < -0.39 is 11.6 Å². The third-order valence-corrected chi connectivity index (χ3v) is 2.40. The lowest BCUT2D eigenvalue weighted by atomic mass is 9.96. The highest BCUT2D eigenvalue weighted by Crippen LogP contribution is 2.28. The summed E-state index contributed by atoms with van der Waals surface area (Å²) in [5.74, 6) is -0.871. The molecule has 1 aromatic rings. The van der Waals surface area contributed by atoms with Gasteiger partial charge in [-0.3, -0.25) is 0 Å². The normalized spacial score (nSPS) is 21.3.